The fraction of sp³-hybridized carbons (Fsp3) is 0.417. The number of amides is 1. The van der Waals surface area contributed by atoms with Crippen molar-refractivity contribution in [2.24, 2.45) is 5.92 Å². The van der Waals surface area contributed by atoms with Crippen LogP contribution in [0.3, 0.4) is 0 Å². The van der Waals surface area contributed by atoms with Gasteiger partial charge in [-0.2, -0.15) is 0 Å². The zero-order valence-electron chi connectivity index (χ0n) is 11.4. The van der Waals surface area contributed by atoms with Gasteiger partial charge in [0, 0.05) is 6.20 Å². The first-order chi connectivity index (χ1) is 9.73. The molecular formula is C12H14ClN3O5. The van der Waals surface area contributed by atoms with E-state index in [4.69, 9.17) is 16.7 Å². The molecular weight excluding hydrogens is 302 g/mol. The molecule has 1 rings (SSSR count). The molecule has 0 aliphatic heterocycles. The van der Waals surface area contributed by atoms with Crippen molar-refractivity contribution in [3.8, 4) is 0 Å². The van der Waals surface area contributed by atoms with Crippen LogP contribution in [-0.4, -0.2) is 32.9 Å². The molecule has 0 aliphatic rings. The van der Waals surface area contributed by atoms with Crippen LogP contribution in [0.1, 0.15) is 30.6 Å². The highest BCUT2D eigenvalue weighted by atomic mass is 35.5. The largest absolute Gasteiger partial charge is 0.480 e. The van der Waals surface area contributed by atoms with E-state index < -0.39 is 33.7 Å². The number of pyridine rings is 1. The van der Waals surface area contributed by atoms with E-state index in [0.29, 0.717) is 0 Å². The normalized spacial score (nSPS) is 12.0. The predicted octanol–water partition coefficient (Wildman–Crippen LogP) is 1.87. The number of hydrogen-bond donors (Lipinski definition) is 2. The number of carboxylic acid groups (broad SMARTS) is 1. The molecule has 1 heterocycles. The molecule has 0 aromatic carbocycles. The highest BCUT2D eigenvalue weighted by Gasteiger charge is 2.28. The third kappa shape index (κ3) is 4.38. The molecule has 1 aromatic heterocycles. The van der Waals surface area contributed by atoms with Gasteiger partial charge in [-0.25, -0.2) is 9.78 Å². The fourth-order valence-corrected chi connectivity index (χ4v) is 1.94. The number of nitrogens with zero attached hydrogens (tertiary/aromatic N) is 2. The first-order valence-corrected chi connectivity index (χ1v) is 6.44. The Morgan fingerprint density at radius 2 is 2.14 bits per heavy atom. The van der Waals surface area contributed by atoms with E-state index in [0.717, 1.165) is 12.3 Å². The monoisotopic (exact) mass is 315 g/mol. The molecule has 1 atom stereocenters. The zero-order valence-corrected chi connectivity index (χ0v) is 12.1. The average molecular weight is 316 g/mol. The first kappa shape index (κ1) is 16.8. The van der Waals surface area contributed by atoms with Crippen LogP contribution in [0.5, 0.6) is 0 Å². The van der Waals surface area contributed by atoms with Crippen LogP contribution in [0.15, 0.2) is 12.3 Å². The topological polar surface area (TPSA) is 122 Å². The van der Waals surface area contributed by atoms with Crippen LogP contribution in [0.25, 0.3) is 0 Å². The summed E-state index contributed by atoms with van der Waals surface area (Å²) in [4.78, 5) is 36.8. The number of halogens is 1. The molecule has 0 bridgehead atoms. The zero-order chi connectivity index (χ0) is 16.2. The number of nitro groups is 1. The van der Waals surface area contributed by atoms with Gasteiger partial charge >= 0.3 is 11.7 Å². The molecule has 0 fully saturated rings. The number of carbonyl (C=O) groups excluding carboxylic acids is 1. The summed E-state index contributed by atoms with van der Waals surface area (Å²) < 4.78 is 0. The van der Waals surface area contributed by atoms with Gasteiger partial charge < -0.3 is 10.4 Å². The van der Waals surface area contributed by atoms with E-state index in [1.807, 2.05) is 0 Å². The van der Waals surface area contributed by atoms with Gasteiger partial charge in [-0.3, -0.25) is 14.9 Å². The second kappa shape index (κ2) is 6.98. The lowest BCUT2D eigenvalue weighted by molar-refractivity contribution is -0.385. The highest BCUT2D eigenvalue weighted by Crippen LogP contribution is 2.26. The maximum Gasteiger partial charge on any atom is 0.326 e. The molecule has 0 aliphatic carbocycles. The van der Waals surface area contributed by atoms with Gasteiger partial charge in [-0.05, 0) is 18.4 Å². The lowest BCUT2D eigenvalue weighted by atomic mass is 10.0. The molecule has 114 valence electrons. The van der Waals surface area contributed by atoms with Gasteiger partial charge in [0.2, 0.25) is 5.15 Å². The Balaban J connectivity index is 3.06. The molecule has 8 nitrogen and oxygen atoms in total. The third-order valence-electron chi connectivity index (χ3n) is 2.62. The van der Waals surface area contributed by atoms with E-state index in [2.05, 4.69) is 10.3 Å². The SMILES string of the molecule is CC(C)C[C@@H](NC(=O)c1ccnc(Cl)c1[N+](=O)[O-])C(=O)O. The van der Waals surface area contributed by atoms with Crippen LogP contribution in [0, 0.1) is 16.0 Å². The number of carbonyl (C=O) groups is 2. The number of rotatable bonds is 6. The first-order valence-electron chi connectivity index (χ1n) is 6.06. The number of hydrogen-bond acceptors (Lipinski definition) is 5. The Kier molecular flexibility index (Phi) is 5.60. The van der Waals surface area contributed by atoms with Crippen LogP contribution in [0.4, 0.5) is 5.69 Å². The van der Waals surface area contributed by atoms with Crippen molar-refractivity contribution in [3.05, 3.63) is 33.1 Å². The summed E-state index contributed by atoms with van der Waals surface area (Å²) in [5, 5.41) is 21.8. The number of aliphatic carboxylic acids is 1. The summed E-state index contributed by atoms with van der Waals surface area (Å²) >= 11 is 5.60. The van der Waals surface area contributed by atoms with Gasteiger partial charge in [-0.15, -0.1) is 0 Å². The standard InChI is InChI=1S/C12H14ClN3O5/c1-6(2)5-8(12(18)19)15-11(17)7-3-4-14-10(13)9(7)16(20)21/h3-4,6,8H,5H2,1-2H3,(H,15,17)(H,18,19)/t8-/m1/s1. The van der Waals surface area contributed by atoms with Crippen molar-refractivity contribution in [3.63, 3.8) is 0 Å². The molecule has 0 saturated carbocycles. The second-order valence-electron chi connectivity index (χ2n) is 4.75. The lowest BCUT2D eigenvalue weighted by Crippen LogP contribution is -2.41. The van der Waals surface area contributed by atoms with Gasteiger partial charge in [-0.1, -0.05) is 25.4 Å². The summed E-state index contributed by atoms with van der Waals surface area (Å²) in [7, 11) is 0. The van der Waals surface area contributed by atoms with Gasteiger partial charge in [0.1, 0.15) is 11.6 Å². The molecule has 2 N–H and O–H groups in total. The maximum absolute atomic E-state index is 12.1. The molecule has 0 unspecified atom stereocenters. The van der Waals surface area contributed by atoms with Crippen molar-refractivity contribution >= 4 is 29.2 Å². The van der Waals surface area contributed by atoms with Crippen molar-refractivity contribution in [2.75, 3.05) is 0 Å². The highest BCUT2D eigenvalue weighted by molar-refractivity contribution is 6.32. The van der Waals surface area contributed by atoms with E-state index in [1.165, 1.54) is 0 Å². The summed E-state index contributed by atoms with van der Waals surface area (Å²) in [6.45, 7) is 3.60. The van der Waals surface area contributed by atoms with Crippen LogP contribution in [-0.2, 0) is 4.79 Å². The quantitative estimate of drug-likeness (QED) is 0.469. The van der Waals surface area contributed by atoms with Crippen molar-refractivity contribution in [1.82, 2.24) is 10.3 Å². The van der Waals surface area contributed by atoms with E-state index in [-0.39, 0.29) is 17.9 Å². The molecule has 9 heteroatoms. The Morgan fingerprint density at radius 1 is 1.52 bits per heavy atom. The average Bonchev–Trinajstić information content (AvgIpc) is 2.36. The molecule has 0 saturated heterocycles. The second-order valence-corrected chi connectivity index (χ2v) is 5.11. The van der Waals surface area contributed by atoms with Gasteiger partial charge in [0.05, 0.1) is 4.92 Å². The smallest absolute Gasteiger partial charge is 0.326 e. The Bertz CT molecular complexity index is 576. The van der Waals surface area contributed by atoms with Crippen molar-refractivity contribution < 1.29 is 19.6 Å². The molecule has 0 radical (unpaired) electrons. The Morgan fingerprint density at radius 3 is 2.62 bits per heavy atom. The van der Waals surface area contributed by atoms with Crippen molar-refractivity contribution in [1.29, 1.82) is 0 Å². The molecule has 0 spiro atoms. The van der Waals surface area contributed by atoms with E-state index in [1.54, 1.807) is 13.8 Å². The predicted molar refractivity (Wildman–Crippen MR) is 74.2 cm³/mol. The maximum atomic E-state index is 12.1. The van der Waals surface area contributed by atoms with Crippen LogP contribution in [0.2, 0.25) is 5.15 Å². The molecule has 1 amide bonds. The number of carboxylic acids is 1. The minimum atomic E-state index is -1.21. The van der Waals surface area contributed by atoms with Crippen LogP contribution >= 0.6 is 11.6 Å². The lowest BCUT2D eigenvalue weighted by Gasteiger charge is -2.16. The molecule has 21 heavy (non-hydrogen) atoms. The summed E-state index contributed by atoms with van der Waals surface area (Å²) in [6.07, 6.45) is 1.34. The summed E-state index contributed by atoms with van der Waals surface area (Å²) in [5.41, 5.74) is -0.972. The van der Waals surface area contributed by atoms with Gasteiger partial charge in [0.15, 0.2) is 0 Å². The number of aromatic nitrogens is 1. The number of nitrogens with one attached hydrogen (secondary N) is 1. The fourth-order valence-electron chi connectivity index (χ4n) is 1.71. The summed E-state index contributed by atoms with van der Waals surface area (Å²) in [5.74, 6) is -2.05. The minimum absolute atomic E-state index is 0.0300. The molecule has 1 aromatic rings. The Labute approximate surface area is 125 Å². The Hall–Kier alpha value is -2.22. The van der Waals surface area contributed by atoms with E-state index >= 15 is 0 Å². The van der Waals surface area contributed by atoms with Crippen LogP contribution < -0.4 is 5.32 Å². The van der Waals surface area contributed by atoms with Crippen molar-refractivity contribution in [2.45, 2.75) is 26.3 Å². The minimum Gasteiger partial charge on any atom is -0.480 e. The summed E-state index contributed by atoms with van der Waals surface area (Å²) in [6, 6.07) is -0.0165. The third-order valence-corrected chi connectivity index (χ3v) is 2.89. The van der Waals surface area contributed by atoms with E-state index in [9.17, 15) is 19.7 Å². The van der Waals surface area contributed by atoms with Gasteiger partial charge in [0.25, 0.3) is 5.91 Å².